The van der Waals surface area contributed by atoms with Crippen LogP contribution in [-0.4, -0.2) is 49.0 Å². The second-order valence-corrected chi connectivity index (χ2v) is 16.6. The molecule has 0 aliphatic carbocycles. The van der Waals surface area contributed by atoms with Crippen LogP contribution in [0.15, 0.2) is 61.2 Å². The van der Waals surface area contributed by atoms with Crippen LogP contribution < -0.4 is 41.5 Å². The third kappa shape index (κ3) is 11.7. The minimum atomic E-state index is -1.35. The molecule has 2 aromatic heterocycles. The lowest BCUT2D eigenvalue weighted by molar-refractivity contribution is -0.386. The Balaban J connectivity index is 0.000000290. The standard InChI is InChI=1S/C24H31N5O4.C12H16N2O3.C8H13N3O.C2H6/c1-7-23(3,4)16-13-18(25)21(19(14-16)29(30)31)32-24(5,6)33-22-20(26)15(2)27-28(22)17-11-9-8-10-12-17;1-4-12(2,3)8-5-9-11(17-7-13-9)10(6-8)14(15)16;1-5(2)11-8(12-4)7(9)6(3)10-11;1-2/h8-14H,7,25-26H2,1-6H3;5-6,13H,4,7H2,1-3H3;1,9H2,2-4H3;1-2H3. The van der Waals surface area contributed by atoms with Gasteiger partial charge in [-0.15, -0.1) is 0 Å². The summed E-state index contributed by atoms with van der Waals surface area (Å²) < 4.78 is 25.6. The van der Waals surface area contributed by atoms with Gasteiger partial charge in [-0.3, -0.25) is 20.2 Å². The van der Waals surface area contributed by atoms with Gasteiger partial charge in [-0.05, 0) is 79.8 Å². The van der Waals surface area contributed by atoms with Crippen LogP contribution in [0.4, 0.5) is 34.1 Å². The highest BCUT2D eigenvalue weighted by Gasteiger charge is 2.34. The fourth-order valence-corrected chi connectivity index (χ4v) is 6.12. The molecule has 3 aromatic carbocycles. The summed E-state index contributed by atoms with van der Waals surface area (Å²) >= 11 is 0. The molecule has 6 rings (SSSR count). The number of nitro groups is 2. The maximum atomic E-state index is 11.9. The molecule has 348 valence electrons. The molecule has 0 atom stereocenters. The predicted octanol–water partition coefficient (Wildman–Crippen LogP) is 10.5. The van der Waals surface area contributed by atoms with E-state index in [2.05, 4.69) is 42.9 Å². The topological polar surface area (TPSA) is 249 Å². The molecule has 0 amide bonds. The fraction of sp³-hybridized carbons (Fsp3) is 0.435. The van der Waals surface area contributed by atoms with Crippen LogP contribution in [0.1, 0.15) is 112 Å². The Morgan fingerprint density at radius 2 is 1.34 bits per heavy atom. The molecule has 0 radical (unpaired) electrons. The van der Waals surface area contributed by atoms with Gasteiger partial charge in [-0.25, -0.2) is 4.68 Å². The van der Waals surface area contributed by atoms with Crippen LogP contribution in [0.3, 0.4) is 0 Å². The lowest BCUT2D eigenvalue weighted by Crippen LogP contribution is -2.36. The van der Waals surface area contributed by atoms with Gasteiger partial charge in [0.15, 0.2) is 6.73 Å². The number of nitrogens with two attached hydrogens (primary N) is 3. The van der Waals surface area contributed by atoms with Gasteiger partial charge < -0.3 is 41.5 Å². The third-order valence-corrected chi connectivity index (χ3v) is 10.7. The molecule has 1 aliphatic heterocycles. The number of aryl methyl sites for hydroxylation is 2. The van der Waals surface area contributed by atoms with Crippen molar-refractivity contribution in [3.05, 3.63) is 104 Å². The Morgan fingerprint density at radius 3 is 1.84 bits per heavy atom. The zero-order valence-electron chi connectivity index (χ0n) is 39.7. The number of hydrogen-bond acceptors (Lipinski definition) is 14. The monoisotopic (exact) mass is 887 g/mol. The van der Waals surface area contributed by atoms with E-state index in [1.165, 1.54) is 6.07 Å². The van der Waals surface area contributed by atoms with Crippen molar-refractivity contribution in [3.63, 3.8) is 0 Å². The van der Waals surface area contributed by atoms with Gasteiger partial charge in [0.25, 0.3) is 0 Å². The van der Waals surface area contributed by atoms with Gasteiger partial charge in [0, 0.05) is 31.7 Å². The average Bonchev–Trinajstić information content (AvgIpc) is 3.93. The highest BCUT2D eigenvalue weighted by molar-refractivity contribution is 5.71. The number of para-hydroxylation sites is 1. The number of nitrogen functional groups attached to an aromatic ring is 3. The van der Waals surface area contributed by atoms with Gasteiger partial charge in [-0.1, -0.05) is 80.2 Å². The molecule has 5 aromatic rings. The number of nitro benzene ring substituents is 2. The number of ether oxygens (including phenoxy) is 4. The van der Waals surface area contributed by atoms with E-state index in [4.69, 9.17) is 36.1 Å². The number of aromatic nitrogens is 4. The van der Waals surface area contributed by atoms with Crippen molar-refractivity contribution in [1.82, 2.24) is 19.6 Å². The van der Waals surface area contributed by atoms with E-state index in [1.54, 1.807) is 49.4 Å². The van der Waals surface area contributed by atoms with E-state index in [0.29, 0.717) is 35.4 Å². The van der Waals surface area contributed by atoms with E-state index >= 15 is 0 Å². The summed E-state index contributed by atoms with van der Waals surface area (Å²) in [5, 5.41) is 34.5. The molecule has 7 N–H and O–H groups in total. The van der Waals surface area contributed by atoms with Crippen molar-refractivity contribution < 1.29 is 28.8 Å². The van der Waals surface area contributed by atoms with Crippen molar-refractivity contribution in [1.29, 1.82) is 0 Å². The molecule has 0 bridgehead atoms. The van der Waals surface area contributed by atoms with Crippen molar-refractivity contribution in [2.75, 3.05) is 36.4 Å². The van der Waals surface area contributed by atoms with Crippen molar-refractivity contribution in [2.45, 2.75) is 119 Å². The Bertz CT molecular complexity index is 2440. The molecule has 0 saturated carbocycles. The summed E-state index contributed by atoms with van der Waals surface area (Å²) in [6, 6.07) is 16.2. The molecule has 0 spiro atoms. The summed E-state index contributed by atoms with van der Waals surface area (Å²) in [6.07, 6.45) is 1.71. The number of methoxy groups -OCH3 is 1. The number of anilines is 4. The summed E-state index contributed by atoms with van der Waals surface area (Å²) in [7, 11) is 1.56. The number of fused-ring (bicyclic) bond motifs is 1. The van der Waals surface area contributed by atoms with E-state index in [9.17, 15) is 20.2 Å². The Morgan fingerprint density at radius 1 is 0.828 bits per heavy atom. The maximum Gasteiger partial charge on any atom is 0.313 e. The van der Waals surface area contributed by atoms with Crippen LogP contribution in [0.2, 0.25) is 0 Å². The largest absolute Gasteiger partial charge is 0.479 e. The first-order valence-electron chi connectivity index (χ1n) is 21.0. The number of nitrogens with one attached hydrogen (secondary N) is 1. The molecule has 18 nitrogen and oxygen atoms in total. The van der Waals surface area contributed by atoms with Crippen molar-refractivity contribution in [3.8, 4) is 28.9 Å². The van der Waals surface area contributed by atoms with Gasteiger partial charge in [-0.2, -0.15) is 14.9 Å². The minimum absolute atomic E-state index is 0.0454. The lowest BCUT2D eigenvalue weighted by atomic mass is 9.82. The van der Waals surface area contributed by atoms with Crippen LogP contribution in [0.5, 0.6) is 23.3 Å². The Hall–Kier alpha value is -6.98. The van der Waals surface area contributed by atoms with Crippen LogP contribution in [0.25, 0.3) is 11.4 Å². The first-order valence-corrected chi connectivity index (χ1v) is 21.0. The van der Waals surface area contributed by atoms with Crippen molar-refractivity contribution in [2.24, 2.45) is 0 Å². The normalized spacial score (nSPS) is 11.8. The molecule has 0 fully saturated rings. The number of hydrogen-bond donors (Lipinski definition) is 4. The average molecular weight is 887 g/mol. The van der Waals surface area contributed by atoms with E-state index in [-0.39, 0.29) is 44.4 Å². The molecule has 3 heterocycles. The second kappa shape index (κ2) is 20.9. The molecule has 1 aliphatic rings. The third-order valence-electron chi connectivity index (χ3n) is 10.7. The molecule has 0 unspecified atom stereocenters. The molecule has 64 heavy (non-hydrogen) atoms. The minimum Gasteiger partial charge on any atom is -0.479 e. The maximum absolute atomic E-state index is 11.9. The first-order chi connectivity index (χ1) is 29.9. The fourth-order valence-electron chi connectivity index (χ4n) is 6.12. The smallest absolute Gasteiger partial charge is 0.313 e. The molecule has 18 heteroatoms. The summed E-state index contributed by atoms with van der Waals surface area (Å²) in [5.74, 6) is -0.227. The second-order valence-electron chi connectivity index (χ2n) is 16.6. The first kappa shape index (κ1) is 51.4. The zero-order valence-corrected chi connectivity index (χ0v) is 39.7. The summed E-state index contributed by atoms with van der Waals surface area (Å²) in [4.78, 5) is 22.0. The highest BCUT2D eigenvalue weighted by Crippen LogP contribution is 2.44. The molecular formula is C46H66N10O8. The highest BCUT2D eigenvalue weighted by atomic mass is 16.7. The lowest BCUT2D eigenvalue weighted by Gasteiger charge is -2.29. The predicted molar refractivity (Wildman–Crippen MR) is 255 cm³/mol. The number of rotatable bonds is 13. The van der Waals surface area contributed by atoms with Crippen LogP contribution >= 0.6 is 0 Å². The Kier molecular flexibility index (Phi) is 16.8. The van der Waals surface area contributed by atoms with Gasteiger partial charge in [0.05, 0.1) is 45.4 Å². The molecule has 0 saturated heterocycles. The van der Waals surface area contributed by atoms with Crippen molar-refractivity contribution >= 4 is 39.8 Å². The van der Waals surface area contributed by atoms with Gasteiger partial charge in [0.2, 0.25) is 29.0 Å². The van der Waals surface area contributed by atoms with Gasteiger partial charge in [0.1, 0.15) is 11.4 Å². The van der Waals surface area contributed by atoms with Crippen LogP contribution in [-0.2, 0) is 10.8 Å². The summed E-state index contributed by atoms with van der Waals surface area (Å²) in [5.41, 5.74) is 24.0. The number of nitrogens with zero attached hydrogens (tertiary/aromatic N) is 6. The number of allylic oxidation sites excluding steroid dienone is 1. The van der Waals surface area contributed by atoms with Gasteiger partial charge >= 0.3 is 11.4 Å². The van der Waals surface area contributed by atoms with Crippen LogP contribution in [0, 0.1) is 34.1 Å². The number of benzene rings is 3. The van der Waals surface area contributed by atoms with E-state index < -0.39 is 10.7 Å². The molecular weight excluding hydrogens is 821 g/mol. The zero-order chi connectivity index (χ0) is 48.5. The SMILES string of the molecule is C=C(C)n1nc(C)c(N)c1OC.CC.CCC(C)(C)c1cc(N)c(OC(C)(C)Oc2c(N)c(C)nn2-c2ccccc2)c([N+](=O)[O-])c1.CCC(C)(C)c1cc2c(c([N+](=O)[O-])c1)OCN2. The van der Waals surface area contributed by atoms with E-state index in [0.717, 1.165) is 46.7 Å². The Labute approximate surface area is 376 Å². The quantitative estimate of drug-likeness (QED) is 0.0372. The summed E-state index contributed by atoms with van der Waals surface area (Å²) in [6.45, 7) is 29.0. The van der Waals surface area contributed by atoms with E-state index in [1.807, 2.05) is 84.9 Å².